The van der Waals surface area contributed by atoms with E-state index >= 15 is 0 Å². The van der Waals surface area contributed by atoms with Gasteiger partial charge in [0, 0.05) is 0 Å². The molecular formula is C9H20N2OS. The van der Waals surface area contributed by atoms with Crippen molar-refractivity contribution in [2.45, 2.75) is 32.2 Å². The van der Waals surface area contributed by atoms with E-state index in [1.54, 1.807) is 11.8 Å². The molecule has 0 aliphatic carbocycles. The zero-order chi connectivity index (χ0) is 10.3. The first-order valence-electron chi connectivity index (χ1n) is 4.60. The third kappa shape index (κ3) is 4.52. The Morgan fingerprint density at radius 1 is 1.62 bits per heavy atom. The second-order valence-electron chi connectivity index (χ2n) is 3.37. The molecule has 0 saturated heterocycles. The fourth-order valence-corrected chi connectivity index (χ4v) is 1.62. The standard InChI is InChI=1S/C9H20N2OS/c1-4-6-11-9(2,8(10)12)5-7-13-3/h11H,4-7H2,1-3H3,(H2,10,12). The highest BCUT2D eigenvalue weighted by atomic mass is 32.2. The molecule has 0 spiro atoms. The van der Waals surface area contributed by atoms with Crippen LogP contribution in [0, 0.1) is 0 Å². The van der Waals surface area contributed by atoms with Crippen LogP contribution in [-0.4, -0.2) is 30.0 Å². The minimum atomic E-state index is -0.529. The number of amides is 1. The number of nitrogens with two attached hydrogens (primary N) is 1. The maximum atomic E-state index is 11.2. The highest BCUT2D eigenvalue weighted by Gasteiger charge is 2.29. The topological polar surface area (TPSA) is 55.1 Å². The lowest BCUT2D eigenvalue weighted by Crippen LogP contribution is -2.53. The number of rotatable bonds is 7. The summed E-state index contributed by atoms with van der Waals surface area (Å²) in [6, 6.07) is 0. The Bertz CT molecular complexity index is 154. The van der Waals surface area contributed by atoms with Crippen LogP contribution in [0.3, 0.4) is 0 Å². The lowest BCUT2D eigenvalue weighted by molar-refractivity contribution is -0.123. The van der Waals surface area contributed by atoms with Gasteiger partial charge in [-0.05, 0) is 38.3 Å². The van der Waals surface area contributed by atoms with Crippen molar-refractivity contribution < 1.29 is 4.79 Å². The number of hydrogen-bond acceptors (Lipinski definition) is 3. The highest BCUT2D eigenvalue weighted by molar-refractivity contribution is 7.98. The van der Waals surface area contributed by atoms with Gasteiger partial charge in [-0.3, -0.25) is 4.79 Å². The second kappa shape index (κ2) is 6.27. The summed E-state index contributed by atoms with van der Waals surface area (Å²) in [5, 5.41) is 3.19. The molecule has 0 saturated carbocycles. The molecule has 0 radical (unpaired) electrons. The molecule has 0 aromatic heterocycles. The first-order valence-corrected chi connectivity index (χ1v) is 6.00. The van der Waals surface area contributed by atoms with Crippen molar-refractivity contribution in [3.63, 3.8) is 0 Å². The largest absolute Gasteiger partial charge is 0.368 e. The third-order valence-electron chi connectivity index (χ3n) is 2.12. The quantitative estimate of drug-likeness (QED) is 0.650. The Balaban J connectivity index is 4.08. The third-order valence-corrected chi connectivity index (χ3v) is 2.73. The van der Waals surface area contributed by atoms with Crippen molar-refractivity contribution in [1.82, 2.24) is 5.32 Å². The van der Waals surface area contributed by atoms with Gasteiger partial charge < -0.3 is 11.1 Å². The molecule has 0 rings (SSSR count). The average molecular weight is 204 g/mol. The van der Waals surface area contributed by atoms with E-state index in [2.05, 4.69) is 12.2 Å². The number of hydrogen-bond donors (Lipinski definition) is 2. The normalized spacial score (nSPS) is 15.3. The lowest BCUT2D eigenvalue weighted by atomic mass is 9.98. The second-order valence-corrected chi connectivity index (χ2v) is 4.35. The fraction of sp³-hybridized carbons (Fsp3) is 0.889. The van der Waals surface area contributed by atoms with Crippen molar-refractivity contribution >= 4 is 17.7 Å². The maximum absolute atomic E-state index is 11.2. The lowest BCUT2D eigenvalue weighted by Gasteiger charge is -2.27. The van der Waals surface area contributed by atoms with Gasteiger partial charge in [0.2, 0.25) is 5.91 Å². The summed E-state index contributed by atoms with van der Waals surface area (Å²) < 4.78 is 0. The van der Waals surface area contributed by atoms with E-state index in [-0.39, 0.29) is 5.91 Å². The van der Waals surface area contributed by atoms with Crippen LogP contribution in [0.25, 0.3) is 0 Å². The molecule has 13 heavy (non-hydrogen) atoms. The fourth-order valence-electron chi connectivity index (χ4n) is 1.01. The maximum Gasteiger partial charge on any atom is 0.237 e. The van der Waals surface area contributed by atoms with Gasteiger partial charge in [0.25, 0.3) is 0 Å². The molecule has 0 fully saturated rings. The van der Waals surface area contributed by atoms with Gasteiger partial charge >= 0.3 is 0 Å². The van der Waals surface area contributed by atoms with E-state index in [0.717, 1.165) is 25.1 Å². The molecule has 78 valence electrons. The number of carbonyl (C=O) groups excluding carboxylic acids is 1. The smallest absolute Gasteiger partial charge is 0.237 e. The van der Waals surface area contributed by atoms with Crippen LogP contribution in [0.2, 0.25) is 0 Å². The SMILES string of the molecule is CCCNC(C)(CCSC)C(N)=O. The summed E-state index contributed by atoms with van der Waals surface area (Å²) in [6.07, 6.45) is 3.84. The van der Waals surface area contributed by atoms with Gasteiger partial charge in [0.1, 0.15) is 0 Å². The van der Waals surface area contributed by atoms with Crippen molar-refractivity contribution in [2.75, 3.05) is 18.6 Å². The zero-order valence-corrected chi connectivity index (χ0v) is 9.54. The van der Waals surface area contributed by atoms with E-state index < -0.39 is 5.54 Å². The number of primary amides is 1. The molecule has 0 aromatic carbocycles. The van der Waals surface area contributed by atoms with Crippen molar-refractivity contribution in [3.05, 3.63) is 0 Å². The molecular weight excluding hydrogens is 184 g/mol. The van der Waals surface area contributed by atoms with Crippen LogP contribution < -0.4 is 11.1 Å². The van der Waals surface area contributed by atoms with Gasteiger partial charge in [-0.15, -0.1) is 0 Å². The molecule has 1 amide bonds. The van der Waals surface area contributed by atoms with E-state index in [1.165, 1.54) is 0 Å². The minimum Gasteiger partial charge on any atom is -0.368 e. The summed E-state index contributed by atoms with van der Waals surface area (Å²) in [7, 11) is 0. The number of carbonyl (C=O) groups is 1. The summed E-state index contributed by atoms with van der Waals surface area (Å²) in [5.74, 6) is 0.700. The first kappa shape index (κ1) is 12.8. The summed E-state index contributed by atoms with van der Waals surface area (Å²) in [4.78, 5) is 11.2. The molecule has 1 atom stereocenters. The molecule has 0 heterocycles. The van der Waals surface area contributed by atoms with E-state index in [4.69, 9.17) is 5.73 Å². The highest BCUT2D eigenvalue weighted by Crippen LogP contribution is 2.12. The molecule has 0 aliphatic heterocycles. The van der Waals surface area contributed by atoms with Crippen LogP contribution >= 0.6 is 11.8 Å². The average Bonchev–Trinajstić information content (AvgIpc) is 2.11. The van der Waals surface area contributed by atoms with Crippen LogP contribution in [-0.2, 0) is 4.79 Å². The van der Waals surface area contributed by atoms with Gasteiger partial charge in [0.05, 0.1) is 5.54 Å². The van der Waals surface area contributed by atoms with Crippen LogP contribution in [0.15, 0.2) is 0 Å². The predicted molar refractivity (Wildman–Crippen MR) is 58.9 cm³/mol. The minimum absolute atomic E-state index is 0.255. The predicted octanol–water partition coefficient (Wildman–Crippen LogP) is 0.983. The number of nitrogens with one attached hydrogen (secondary N) is 1. The van der Waals surface area contributed by atoms with Gasteiger partial charge in [-0.1, -0.05) is 6.92 Å². The van der Waals surface area contributed by atoms with Crippen molar-refractivity contribution in [3.8, 4) is 0 Å². The zero-order valence-electron chi connectivity index (χ0n) is 8.72. The Morgan fingerprint density at radius 3 is 2.62 bits per heavy atom. The summed E-state index contributed by atoms with van der Waals surface area (Å²) >= 11 is 1.73. The van der Waals surface area contributed by atoms with Gasteiger partial charge in [-0.2, -0.15) is 11.8 Å². The van der Waals surface area contributed by atoms with E-state index in [9.17, 15) is 4.79 Å². The summed E-state index contributed by atoms with van der Waals surface area (Å²) in [5.41, 5.74) is 4.81. The van der Waals surface area contributed by atoms with Crippen LogP contribution in [0.1, 0.15) is 26.7 Å². The molecule has 0 aromatic rings. The number of thioether (sulfide) groups is 1. The monoisotopic (exact) mass is 204 g/mol. The van der Waals surface area contributed by atoms with Crippen molar-refractivity contribution in [1.29, 1.82) is 0 Å². The Morgan fingerprint density at radius 2 is 2.23 bits per heavy atom. The Hall–Kier alpha value is -0.220. The van der Waals surface area contributed by atoms with Gasteiger partial charge in [0.15, 0.2) is 0 Å². The molecule has 0 aliphatic rings. The first-order chi connectivity index (χ1) is 6.06. The van der Waals surface area contributed by atoms with Crippen LogP contribution in [0.5, 0.6) is 0 Å². The molecule has 4 heteroatoms. The van der Waals surface area contributed by atoms with Crippen molar-refractivity contribution in [2.24, 2.45) is 5.73 Å². The Labute approximate surface area is 84.8 Å². The van der Waals surface area contributed by atoms with E-state index in [0.29, 0.717) is 0 Å². The Kier molecular flexibility index (Phi) is 6.16. The molecule has 3 nitrogen and oxygen atoms in total. The summed E-state index contributed by atoms with van der Waals surface area (Å²) in [6.45, 7) is 4.79. The van der Waals surface area contributed by atoms with E-state index in [1.807, 2.05) is 13.2 Å². The molecule has 3 N–H and O–H groups in total. The van der Waals surface area contributed by atoms with Crippen LogP contribution in [0.4, 0.5) is 0 Å². The van der Waals surface area contributed by atoms with Gasteiger partial charge in [-0.25, -0.2) is 0 Å². The molecule has 1 unspecified atom stereocenters. The molecule has 0 bridgehead atoms.